The molecule has 3 aromatic rings. The molecule has 43 heavy (non-hydrogen) atoms. The van der Waals surface area contributed by atoms with E-state index < -0.39 is 25.8 Å². The minimum atomic E-state index is -4.48. The SMILES string of the molecule is O=S(=O)(O)c1ccc(OS(=O)(=O)c2c(C3CC4CCC3O4)cc3ccccc3c2C23CCC(CC2)O3)c2c1CCCCC2. The van der Waals surface area contributed by atoms with Crippen molar-refractivity contribution in [3.8, 4) is 5.75 Å². The first kappa shape index (κ1) is 28.0. The molecule has 0 amide bonds. The highest BCUT2D eigenvalue weighted by atomic mass is 32.2. The minimum Gasteiger partial charge on any atom is -0.379 e. The fraction of sp³-hybridized carbons (Fsp3) is 0.515. The molecule has 8 rings (SSSR count). The molecule has 1 aliphatic carbocycles. The van der Waals surface area contributed by atoms with E-state index in [0.29, 0.717) is 29.5 Å². The summed E-state index contributed by atoms with van der Waals surface area (Å²) in [7, 11) is -8.91. The van der Waals surface area contributed by atoms with Gasteiger partial charge in [-0.3, -0.25) is 4.55 Å². The molecule has 3 atom stereocenters. The largest absolute Gasteiger partial charge is 0.379 e. The summed E-state index contributed by atoms with van der Waals surface area (Å²) >= 11 is 0. The first-order valence-corrected chi connectivity index (χ1v) is 18.4. The predicted octanol–water partition coefficient (Wildman–Crippen LogP) is 6.33. The summed E-state index contributed by atoms with van der Waals surface area (Å²) in [4.78, 5) is 0.0201. The molecule has 4 fully saturated rings. The van der Waals surface area contributed by atoms with E-state index in [1.807, 2.05) is 30.3 Å². The molecule has 4 heterocycles. The summed E-state index contributed by atoms with van der Waals surface area (Å²) in [5.74, 6) is 0.0530. The van der Waals surface area contributed by atoms with Crippen LogP contribution in [0.3, 0.4) is 0 Å². The van der Waals surface area contributed by atoms with Crippen molar-refractivity contribution in [2.24, 2.45) is 0 Å². The van der Waals surface area contributed by atoms with Crippen LogP contribution in [0, 0.1) is 0 Å². The second-order valence-corrected chi connectivity index (χ2v) is 15.9. The monoisotopic (exact) mass is 624 g/mol. The molecule has 0 saturated carbocycles. The highest BCUT2D eigenvalue weighted by Gasteiger charge is 2.52. The summed E-state index contributed by atoms with van der Waals surface area (Å²) in [6.07, 6.45) is 9.41. The van der Waals surface area contributed by atoms with Crippen LogP contribution in [0.1, 0.15) is 92.4 Å². The van der Waals surface area contributed by atoms with E-state index in [9.17, 15) is 21.4 Å². The van der Waals surface area contributed by atoms with Crippen LogP contribution in [0.4, 0.5) is 0 Å². The van der Waals surface area contributed by atoms with Crippen molar-refractivity contribution in [3.05, 3.63) is 64.7 Å². The Bertz CT molecular complexity index is 1840. The van der Waals surface area contributed by atoms with Crippen molar-refractivity contribution in [3.63, 3.8) is 0 Å². The maximum Gasteiger partial charge on any atom is 0.339 e. The maximum atomic E-state index is 14.8. The third kappa shape index (κ3) is 4.55. The van der Waals surface area contributed by atoms with Crippen LogP contribution in [-0.2, 0) is 48.2 Å². The van der Waals surface area contributed by atoms with Gasteiger partial charge in [-0.1, -0.05) is 30.7 Å². The quantitative estimate of drug-likeness (QED) is 0.192. The van der Waals surface area contributed by atoms with Gasteiger partial charge in [0, 0.05) is 17.0 Å². The van der Waals surface area contributed by atoms with E-state index in [1.54, 1.807) is 0 Å². The Balaban J connectivity index is 1.35. The smallest absolute Gasteiger partial charge is 0.339 e. The Labute approximate surface area is 252 Å². The number of rotatable bonds is 6. The zero-order chi connectivity index (χ0) is 29.6. The van der Waals surface area contributed by atoms with Gasteiger partial charge in [0.05, 0.1) is 28.8 Å². The van der Waals surface area contributed by atoms with Gasteiger partial charge in [0.1, 0.15) is 10.6 Å². The molecule has 4 saturated heterocycles. The molecule has 1 N–H and O–H groups in total. The summed E-state index contributed by atoms with van der Waals surface area (Å²) in [6, 6.07) is 12.6. The first-order chi connectivity index (χ1) is 20.6. The van der Waals surface area contributed by atoms with E-state index in [-0.39, 0.29) is 39.8 Å². The van der Waals surface area contributed by atoms with Gasteiger partial charge in [0.15, 0.2) is 0 Å². The minimum absolute atomic E-state index is 0.0448. The average Bonchev–Trinajstić information content (AvgIpc) is 3.76. The van der Waals surface area contributed by atoms with Crippen molar-refractivity contribution in [1.82, 2.24) is 0 Å². The Kier molecular flexibility index (Phi) is 6.52. The maximum absolute atomic E-state index is 14.8. The number of fused-ring (bicyclic) bond motifs is 6. The van der Waals surface area contributed by atoms with Gasteiger partial charge < -0.3 is 13.7 Å². The molecule has 3 unspecified atom stereocenters. The second-order valence-electron chi connectivity index (χ2n) is 13.0. The summed E-state index contributed by atoms with van der Waals surface area (Å²) in [5, 5.41) is 1.84. The lowest BCUT2D eigenvalue weighted by molar-refractivity contribution is 0.00884. The average molecular weight is 625 g/mol. The van der Waals surface area contributed by atoms with Gasteiger partial charge in [-0.05, 0) is 111 Å². The van der Waals surface area contributed by atoms with Crippen LogP contribution in [-0.4, -0.2) is 39.7 Å². The normalized spacial score (nSPS) is 30.1. The molecule has 0 aromatic heterocycles. The van der Waals surface area contributed by atoms with E-state index in [4.69, 9.17) is 13.7 Å². The highest BCUT2D eigenvalue weighted by molar-refractivity contribution is 7.87. The van der Waals surface area contributed by atoms with Crippen molar-refractivity contribution in [2.45, 2.75) is 117 Å². The third-order valence-corrected chi connectivity index (χ3v) is 12.8. The van der Waals surface area contributed by atoms with E-state index in [0.717, 1.165) is 80.5 Å². The molecule has 3 aromatic carbocycles. The molecule has 0 radical (unpaired) electrons. The summed E-state index contributed by atoms with van der Waals surface area (Å²) in [5.41, 5.74) is 1.71. The Morgan fingerprint density at radius 1 is 0.860 bits per heavy atom. The number of hydrogen-bond acceptors (Lipinski definition) is 7. The van der Waals surface area contributed by atoms with Crippen molar-refractivity contribution in [2.75, 3.05) is 0 Å². The zero-order valence-electron chi connectivity index (χ0n) is 24.0. The van der Waals surface area contributed by atoms with Crippen molar-refractivity contribution < 1.29 is 35.0 Å². The Hall–Kier alpha value is -2.50. The van der Waals surface area contributed by atoms with Crippen LogP contribution in [0.15, 0.2) is 52.3 Å². The van der Waals surface area contributed by atoms with E-state index in [1.165, 1.54) is 12.1 Å². The van der Waals surface area contributed by atoms with E-state index in [2.05, 4.69) is 0 Å². The van der Waals surface area contributed by atoms with Crippen LogP contribution in [0.2, 0.25) is 0 Å². The van der Waals surface area contributed by atoms with Crippen LogP contribution >= 0.6 is 0 Å². The summed E-state index contributed by atoms with van der Waals surface area (Å²) in [6.45, 7) is 0. The number of benzene rings is 3. The van der Waals surface area contributed by atoms with Crippen LogP contribution in [0.5, 0.6) is 5.75 Å². The highest BCUT2D eigenvalue weighted by Crippen LogP contribution is 2.56. The fourth-order valence-electron chi connectivity index (χ4n) is 8.69. The molecule has 0 spiro atoms. The molecule has 8 nitrogen and oxygen atoms in total. The molecule has 10 heteroatoms. The second kappa shape index (κ2) is 10.0. The molecular weight excluding hydrogens is 588 g/mol. The Morgan fingerprint density at radius 3 is 2.30 bits per heavy atom. The first-order valence-electron chi connectivity index (χ1n) is 15.6. The lowest BCUT2D eigenvalue weighted by Crippen LogP contribution is -2.29. The number of ether oxygens (including phenoxy) is 2. The lowest BCUT2D eigenvalue weighted by Gasteiger charge is -2.32. The third-order valence-electron chi connectivity index (χ3n) is 10.6. The summed E-state index contributed by atoms with van der Waals surface area (Å²) < 4.78 is 83.2. The molecule has 228 valence electrons. The van der Waals surface area contributed by atoms with Crippen LogP contribution in [0.25, 0.3) is 10.8 Å². The molecule has 4 aliphatic heterocycles. The van der Waals surface area contributed by atoms with Crippen LogP contribution < -0.4 is 4.18 Å². The van der Waals surface area contributed by atoms with Gasteiger partial charge >= 0.3 is 10.1 Å². The standard InChI is InChI=1S/C33H36O8S2/c34-42(35,36)30-13-12-29(24-8-2-1-3-9-25(24)30)41-43(37,38)32-27(26-19-22-10-11-28(26)39-22)18-20-6-4-5-7-23(20)31(32)33-16-14-21(40-33)15-17-33/h4-7,12-13,18,21-22,26,28H,1-3,8-11,14-17,19H2,(H,34,35,36). The molecule has 5 aliphatic rings. The molecule has 4 bridgehead atoms. The van der Waals surface area contributed by atoms with Gasteiger partial charge in [0.2, 0.25) is 0 Å². The molecular formula is C33H36O8S2. The number of hydrogen-bond donors (Lipinski definition) is 1. The van der Waals surface area contributed by atoms with Gasteiger partial charge in [-0.2, -0.15) is 16.8 Å². The topological polar surface area (TPSA) is 116 Å². The van der Waals surface area contributed by atoms with Gasteiger partial charge in [-0.15, -0.1) is 0 Å². The van der Waals surface area contributed by atoms with Gasteiger partial charge in [0.25, 0.3) is 10.1 Å². The van der Waals surface area contributed by atoms with Gasteiger partial charge in [-0.25, -0.2) is 0 Å². The lowest BCUT2D eigenvalue weighted by atomic mass is 9.77. The Morgan fingerprint density at radius 2 is 1.63 bits per heavy atom. The predicted molar refractivity (Wildman–Crippen MR) is 160 cm³/mol. The zero-order valence-corrected chi connectivity index (χ0v) is 25.6. The van der Waals surface area contributed by atoms with E-state index >= 15 is 0 Å². The fourth-order valence-corrected chi connectivity index (χ4v) is 11.0. The van der Waals surface area contributed by atoms with Crippen molar-refractivity contribution >= 4 is 31.0 Å². The van der Waals surface area contributed by atoms with Crippen molar-refractivity contribution in [1.29, 1.82) is 0 Å².